The van der Waals surface area contributed by atoms with E-state index in [0.29, 0.717) is 26.0 Å². The molecular weight excluding hydrogens is 498 g/mol. The Morgan fingerprint density at radius 3 is 2.47 bits per heavy atom. The fourth-order valence-electron chi connectivity index (χ4n) is 3.20. The first-order valence-corrected chi connectivity index (χ1v) is 13.0. The van der Waals surface area contributed by atoms with Crippen LogP contribution in [0.4, 0.5) is 0 Å². The van der Waals surface area contributed by atoms with E-state index >= 15 is 0 Å². The number of H-pyrrole nitrogens is 1. The van der Waals surface area contributed by atoms with Gasteiger partial charge in [0.2, 0.25) is 5.78 Å². The van der Waals surface area contributed by atoms with Crippen molar-refractivity contribution in [2.24, 2.45) is 5.41 Å². The molecule has 10 heteroatoms. The maximum absolute atomic E-state index is 12.6. The monoisotopic (exact) mass is 545 g/mol. The number of ether oxygens (including phenoxy) is 1. The Morgan fingerprint density at radius 2 is 1.94 bits per heavy atom. The number of aromatic amines is 1. The third-order valence-electron chi connectivity index (χ3n) is 5.69. The van der Waals surface area contributed by atoms with Gasteiger partial charge in [0.05, 0.1) is 6.61 Å². The first-order chi connectivity index (χ1) is 16.7. The molecule has 1 amide bonds. The summed E-state index contributed by atoms with van der Waals surface area (Å²) in [7, 11) is 0. The SMILES string of the molecule is C.C=O.CCC(C)(C)C(=O)C(=O)N1CCCC[C@H]1C(=O)OCCCCNCCS.S=c1cccc[nH]1.[HH]. The third kappa shape index (κ3) is 13.9. The van der Waals surface area contributed by atoms with Crippen LogP contribution in [-0.4, -0.2) is 72.4 Å². The lowest BCUT2D eigenvalue weighted by Crippen LogP contribution is -2.53. The minimum absolute atomic E-state index is 0. The highest BCUT2D eigenvalue weighted by molar-refractivity contribution is 7.80. The predicted molar refractivity (Wildman–Crippen MR) is 153 cm³/mol. The van der Waals surface area contributed by atoms with Gasteiger partial charge in [-0.1, -0.05) is 46.5 Å². The molecule has 0 aliphatic carbocycles. The maximum Gasteiger partial charge on any atom is 0.328 e. The molecule has 0 aromatic carbocycles. The number of piperidine rings is 1. The Bertz CT molecular complexity index is 806. The van der Waals surface area contributed by atoms with Gasteiger partial charge in [-0.25, -0.2) is 4.79 Å². The standard InChI is InChI=1S/C19H34N2O4S.C5H5NS.CH2O.CH4.H2/c1-4-19(2,3)16(22)17(23)21-12-7-5-9-15(21)18(24)25-13-8-6-10-20-11-14-26;7-5-3-1-2-4-6-5;1-2;;/h15,20,26H,4-14H2,1-3H3;1-4H,(H,6,7);1H2;1H4;1H/t15-;;;;/m0..../s1. The molecule has 0 spiro atoms. The Hall–Kier alpha value is -2.04. The van der Waals surface area contributed by atoms with Gasteiger partial charge in [-0.3, -0.25) is 9.59 Å². The van der Waals surface area contributed by atoms with E-state index in [4.69, 9.17) is 21.7 Å². The molecule has 208 valence electrons. The Balaban J connectivity index is -0.000000893. The number of esters is 1. The van der Waals surface area contributed by atoms with Crippen LogP contribution in [0.25, 0.3) is 0 Å². The van der Waals surface area contributed by atoms with Gasteiger partial charge in [0.1, 0.15) is 17.5 Å². The lowest BCUT2D eigenvalue weighted by atomic mass is 9.84. The third-order valence-corrected chi connectivity index (χ3v) is 6.17. The number of unbranched alkanes of at least 4 members (excludes halogenated alkanes) is 1. The van der Waals surface area contributed by atoms with Gasteiger partial charge in [-0.05, 0) is 57.2 Å². The summed E-state index contributed by atoms with van der Waals surface area (Å²) in [4.78, 5) is 49.9. The van der Waals surface area contributed by atoms with Crippen LogP contribution in [0.2, 0.25) is 0 Å². The van der Waals surface area contributed by atoms with E-state index in [-0.39, 0.29) is 14.8 Å². The van der Waals surface area contributed by atoms with E-state index in [1.54, 1.807) is 13.8 Å². The number of hydrogen-bond acceptors (Lipinski definition) is 8. The molecule has 2 N–H and O–H groups in total. The van der Waals surface area contributed by atoms with Gasteiger partial charge >= 0.3 is 5.97 Å². The number of rotatable bonds is 11. The van der Waals surface area contributed by atoms with E-state index in [1.165, 1.54) is 4.90 Å². The van der Waals surface area contributed by atoms with Crippen molar-refractivity contribution < 1.29 is 25.3 Å². The lowest BCUT2D eigenvalue weighted by molar-refractivity contribution is -0.161. The van der Waals surface area contributed by atoms with Crippen molar-refractivity contribution in [3.8, 4) is 0 Å². The smallest absolute Gasteiger partial charge is 0.328 e. The number of nitrogens with zero attached hydrogens (tertiary/aromatic N) is 1. The molecule has 0 unspecified atom stereocenters. The molecule has 1 aliphatic rings. The van der Waals surface area contributed by atoms with Gasteiger partial charge in [0.15, 0.2) is 0 Å². The summed E-state index contributed by atoms with van der Waals surface area (Å²) < 4.78 is 6.15. The van der Waals surface area contributed by atoms with Gasteiger partial charge in [-0.2, -0.15) is 12.6 Å². The Kier molecular flexibility index (Phi) is 21.2. The van der Waals surface area contributed by atoms with Crippen LogP contribution in [0, 0.1) is 10.1 Å². The number of thiol groups is 1. The van der Waals surface area contributed by atoms with Gasteiger partial charge in [0.25, 0.3) is 5.91 Å². The van der Waals surface area contributed by atoms with Crippen LogP contribution in [0.15, 0.2) is 24.4 Å². The number of pyridine rings is 1. The molecule has 2 rings (SSSR count). The number of carbonyl (C=O) groups is 4. The van der Waals surface area contributed by atoms with Crippen molar-refractivity contribution in [1.82, 2.24) is 15.2 Å². The first-order valence-electron chi connectivity index (χ1n) is 12.0. The molecule has 1 aromatic heterocycles. The largest absolute Gasteiger partial charge is 0.464 e. The second kappa shape index (κ2) is 21.1. The first kappa shape index (κ1) is 36.1. The molecule has 0 saturated carbocycles. The number of Topliss-reactive ketones (excluding diaryl/α,β-unsaturated/α-hetero) is 1. The second-order valence-corrected chi connectivity index (χ2v) is 9.54. The molecule has 1 saturated heterocycles. The molecule has 2 heterocycles. The van der Waals surface area contributed by atoms with Crippen LogP contribution in [-0.2, 0) is 23.9 Å². The number of likely N-dealkylation sites (tertiary alicyclic amines) is 1. The number of amides is 1. The Morgan fingerprint density at radius 1 is 1.25 bits per heavy atom. The normalized spacial score (nSPS) is 14.7. The summed E-state index contributed by atoms with van der Waals surface area (Å²) in [5, 5.41) is 3.23. The minimum atomic E-state index is -0.705. The molecule has 1 atom stereocenters. The van der Waals surface area contributed by atoms with E-state index in [2.05, 4.69) is 22.9 Å². The molecular formula is C26H47N3O5S2. The number of nitrogens with one attached hydrogen (secondary N) is 2. The average Bonchev–Trinajstić information content (AvgIpc) is 2.89. The van der Waals surface area contributed by atoms with E-state index in [1.807, 2.05) is 38.1 Å². The van der Waals surface area contributed by atoms with Gasteiger partial charge in [-0.15, -0.1) is 0 Å². The molecule has 1 aromatic rings. The highest BCUT2D eigenvalue weighted by atomic mass is 32.1. The number of carbonyl (C=O) groups excluding carboxylic acids is 4. The van der Waals surface area contributed by atoms with Crippen LogP contribution >= 0.6 is 24.8 Å². The molecule has 0 radical (unpaired) electrons. The fraction of sp³-hybridized carbons (Fsp3) is 0.654. The van der Waals surface area contributed by atoms with Crippen molar-refractivity contribution in [3.63, 3.8) is 0 Å². The number of aromatic nitrogens is 1. The second-order valence-electron chi connectivity index (χ2n) is 8.65. The van der Waals surface area contributed by atoms with E-state index in [0.717, 1.165) is 49.2 Å². The average molecular weight is 546 g/mol. The summed E-state index contributed by atoms with van der Waals surface area (Å²) in [6.45, 7) is 9.94. The van der Waals surface area contributed by atoms with Crippen LogP contribution < -0.4 is 5.32 Å². The van der Waals surface area contributed by atoms with Gasteiger partial charge < -0.3 is 24.7 Å². The summed E-state index contributed by atoms with van der Waals surface area (Å²) in [6.07, 6.45) is 6.32. The number of hydrogen-bond donors (Lipinski definition) is 3. The number of ketones is 1. The predicted octanol–water partition coefficient (Wildman–Crippen LogP) is 4.66. The summed E-state index contributed by atoms with van der Waals surface area (Å²) in [6, 6.07) is 5.01. The summed E-state index contributed by atoms with van der Waals surface area (Å²) >= 11 is 8.88. The topological polar surface area (TPSA) is 109 Å². The van der Waals surface area contributed by atoms with Crippen molar-refractivity contribution >= 4 is 49.3 Å². The molecule has 1 aliphatic heterocycles. The maximum atomic E-state index is 12.6. The van der Waals surface area contributed by atoms with E-state index in [9.17, 15) is 14.4 Å². The summed E-state index contributed by atoms with van der Waals surface area (Å²) in [5.74, 6) is -0.554. The van der Waals surface area contributed by atoms with Gasteiger partial charge in [0, 0.05) is 31.9 Å². The van der Waals surface area contributed by atoms with Crippen molar-refractivity contribution in [2.75, 3.05) is 32.0 Å². The molecule has 1 fully saturated rings. The fourth-order valence-corrected chi connectivity index (χ4v) is 3.51. The van der Waals surface area contributed by atoms with Crippen molar-refractivity contribution in [1.29, 1.82) is 0 Å². The highest BCUT2D eigenvalue weighted by Gasteiger charge is 2.40. The molecule has 36 heavy (non-hydrogen) atoms. The minimum Gasteiger partial charge on any atom is -0.464 e. The van der Waals surface area contributed by atoms with Crippen LogP contribution in [0.3, 0.4) is 0 Å². The van der Waals surface area contributed by atoms with Crippen molar-refractivity contribution in [2.45, 2.75) is 72.8 Å². The highest BCUT2D eigenvalue weighted by Crippen LogP contribution is 2.25. The lowest BCUT2D eigenvalue weighted by Gasteiger charge is -2.35. The summed E-state index contributed by atoms with van der Waals surface area (Å²) in [5.41, 5.74) is -0.705. The Labute approximate surface area is 228 Å². The quantitative estimate of drug-likeness (QED) is 0.122. The zero-order valence-corrected chi connectivity index (χ0v) is 22.9. The van der Waals surface area contributed by atoms with Crippen LogP contribution in [0.5, 0.6) is 0 Å². The zero-order chi connectivity index (χ0) is 26.7. The molecule has 0 bridgehead atoms. The van der Waals surface area contributed by atoms with Crippen molar-refractivity contribution in [3.05, 3.63) is 29.0 Å². The van der Waals surface area contributed by atoms with Crippen LogP contribution in [0.1, 0.15) is 68.1 Å². The zero-order valence-electron chi connectivity index (χ0n) is 21.2. The molecule has 8 nitrogen and oxygen atoms in total. The van der Waals surface area contributed by atoms with E-state index < -0.39 is 23.1 Å².